The van der Waals surface area contributed by atoms with Crippen LogP contribution >= 0.6 is 22.9 Å². The molecule has 31 heavy (non-hydrogen) atoms. The number of rotatable bonds is 3. The van der Waals surface area contributed by atoms with Gasteiger partial charge in [0.2, 0.25) is 4.96 Å². The Morgan fingerprint density at radius 2 is 2.03 bits per heavy atom. The van der Waals surface area contributed by atoms with Crippen LogP contribution in [0.1, 0.15) is 16.1 Å². The van der Waals surface area contributed by atoms with Gasteiger partial charge in [-0.3, -0.25) is 0 Å². The third kappa shape index (κ3) is 3.73. The number of aryl methyl sites for hydroxylation is 1. The Bertz CT molecular complexity index is 1280. The molecule has 2 amide bonds. The zero-order valence-corrected chi connectivity index (χ0v) is 18.6. The summed E-state index contributed by atoms with van der Waals surface area (Å²) < 4.78 is 7.28. The van der Waals surface area contributed by atoms with Crippen molar-refractivity contribution >= 4 is 39.6 Å². The molecule has 0 unspecified atom stereocenters. The molecule has 0 fully saturated rings. The van der Waals surface area contributed by atoms with Crippen molar-refractivity contribution in [3.8, 4) is 17.1 Å². The summed E-state index contributed by atoms with van der Waals surface area (Å²) in [4.78, 5) is 21.3. The number of hydrogen-bond acceptors (Lipinski definition) is 5. The summed E-state index contributed by atoms with van der Waals surface area (Å²) in [5.74, 6) is 1.32. The van der Waals surface area contributed by atoms with Gasteiger partial charge in [-0.2, -0.15) is 4.98 Å². The average Bonchev–Trinajstić information content (AvgIpc) is 3.32. The fourth-order valence-electron chi connectivity index (χ4n) is 3.70. The van der Waals surface area contributed by atoms with E-state index < -0.39 is 0 Å². The molecule has 0 atom stereocenters. The number of urea groups is 1. The molecular formula is C22H20ClN5O2S. The van der Waals surface area contributed by atoms with Crippen LogP contribution in [0, 0.1) is 6.92 Å². The van der Waals surface area contributed by atoms with Gasteiger partial charge in [-0.05, 0) is 48.9 Å². The van der Waals surface area contributed by atoms with Gasteiger partial charge < -0.3 is 15.0 Å². The highest BCUT2D eigenvalue weighted by atomic mass is 35.5. The Morgan fingerprint density at radius 3 is 2.81 bits per heavy atom. The number of anilines is 1. The van der Waals surface area contributed by atoms with Gasteiger partial charge in [-0.1, -0.05) is 29.0 Å². The normalized spacial score (nSPS) is 13.3. The summed E-state index contributed by atoms with van der Waals surface area (Å²) in [5, 5.41) is 8.36. The first-order valence-electron chi connectivity index (χ1n) is 9.85. The number of amides is 2. The molecule has 1 N–H and O–H groups in total. The summed E-state index contributed by atoms with van der Waals surface area (Å²) in [6.07, 6.45) is 0.719. The molecule has 0 aliphatic carbocycles. The predicted octanol–water partition coefficient (Wildman–Crippen LogP) is 5.02. The lowest BCUT2D eigenvalue weighted by molar-refractivity contribution is 0.206. The number of methoxy groups -OCH3 is 1. The van der Waals surface area contributed by atoms with E-state index in [0.717, 1.165) is 33.1 Å². The minimum absolute atomic E-state index is 0.143. The molecular weight excluding hydrogens is 434 g/mol. The molecule has 4 aromatic rings. The SMILES string of the molecule is COc1ccc(C)cc1NC(=O)N1CCc2c(sc3nc(-c4ccc(Cl)cc4)nn23)C1. The lowest BCUT2D eigenvalue weighted by atomic mass is 10.2. The van der Waals surface area contributed by atoms with E-state index in [0.29, 0.717) is 35.4 Å². The number of carbonyl (C=O) groups is 1. The second kappa shape index (κ2) is 7.86. The zero-order chi connectivity index (χ0) is 21.5. The number of halogens is 1. The van der Waals surface area contributed by atoms with Gasteiger partial charge in [-0.15, -0.1) is 5.10 Å². The molecule has 3 heterocycles. The van der Waals surface area contributed by atoms with E-state index in [-0.39, 0.29) is 6.03 Å². The van der Waals surface area contributed by atoms with Crippen LogP contribution in [0.25, 0.3) is 16.3 Å². The molecule has 0 radical (unpaired) electrons. The first-order chi connectivity index (χ1) is 15.0. The summed E-state index contributed by atoms with van der Waals surface area (Å²) >= 11 is 7.55. The minimum atomic E-state index is -0.143. The van der Waals surface area contributed by atoms with Crippen molar-refractivity contribution in [3.05, 3.63) is 63.6 Å². The molecule has 158 valence electrons. The first kappa shape index (κ1) is 19.8. The van der Waals surface area contributed by atoms with Gasteiger partial charge in [0.25, 0.3) is 0 Å². The van der Waals surface area contributed by atoms with Crippen LogP contribution in [0.4, 0.5) is 10.5 Å². The van der Waals surface area contributed by atoms with Crippen molar-refractivity contribution < 1.29 is 9.53 Å². The van der Waals surface area contributed by atoms with Crippen LogP contribution in [0.3, 0.4) is 0 Å². The predicted molar refractivity (Wildman–Crippen MR) is 122 cm³/mol. The van der Waals surface area contributed by atoms with E-state index in [4.69, 9.17) is 21.4 Å². The van der Waals surface area contributed by atoms with Crippen LogP contribution in [0.5, 0.6) is 5.75 Å². The highest BCUT2D eigenvalue weighted by Gasteiger charge is 2.26. The number of nitrogens with one attached hydrogen (secondary N) is 1. The number of benzene rings is 2. The summed E-state index contributed by atoms with van der Waals surface area (Å²) in [7, 11) is 1.60. The second-order valence-electron chi connectivity index (χ2n) is 7.41. The van der Waals surface area contributed by atoms with Gasteiger partial charge in [0.15, 0.2) is 5.82 Å². The second-order valence-corrected chi connectivity index (χ2v) is 8.91. The summed E-state index contributed by atoms with van der Waals surface area (Å²) in [5.41, 5.74) is 3.77. The van der Waals surface area contributed by atoms with E-state index >= 15 is 0 Å². The van der Waals surface area contributed by atoms with E-state index in [1.165, 1.54) is 0 Å². The van der Waals surface area contributed by atoms with Crippen molar-refractivity contribution in [2.24, 2.45) is 0 Å². The fourth-order valence-corrected chi connectivity index (χ4v) is 4.94. The molecule has 9 heteroatoms. The van der Waals surface area contributed by atoms with Gasteiger partial charge in [0, 0.05) is 28.4 Å². The number of ether oxygens (including phenoxy) is 1. The molecule has 0 saturated carbocycles. The Labute approximate surface area is 188 Å². The molecule has 1 aliphatic heterocycles. The van der Waals surface area contributed by atoms with Crippen LogP contribution in [0.15, 0.2) is 42.5 Å². The molecule has 0 bridgehead atoms. The number of aromatic nitrogens is 3. The van der Waals surface area contributed by atoms with Crippen molar-refractivity contribution in [1.29, 1.82) is 0 Å². The quantitative estimate of drug-likeness (QED) is 0.473. The Morgan fingerprint density at radius 1 is 1.23 bits per heavy atom. The monoisotopic (exact) mass is 453 g/mol. The highest BCUT2D eigenvalue weighted by molar-refractivity contribution is 7.17. The van der Waals surface area contributed by atoms with Gasteiger partial charge in [0.1, 0.15) is 5.75 Å². The van der Waals surface area contributed by atoms with E-state index in [9.17, 15) is 4.79 Å². The number of hydrogen-bond donors (Lipinski definition) is 1. The fraction of sp³-hybridized carbons (Fsp3) is 0.227. The zero-order valence-electron chi connectivity index (χ0n) is 17.1. The van der Waals surface area contributed by atoms with Crippen molar-refractivity contribution in [2.75, 3.05) is 19.0 Å². The average molecular weight is 454 g/mol. The number of fused-ring (bicyclic) bond motifs is 3. The van der Waals surface area contributed by atoms with Gasteiger partial charge in [0.05, 0.1) is 25.0 Å². The van der Waals surface area contributed by atoms with Crippen LogP contribution in [-0.4, -0.2) is 39.2 Å². The maximum absolute atomic E-state index is 12.9. The molecule has 0 spiro atoms. The highest BCUT2D eigenvalue weighted by Crippen LogP contribution is 2.31. The van der Waals surface area contributed by atoms with Crippen LogP contribution in [0.2, 0.25) is 5.02 Å². The molecule has 5 rings (SSSR count). The van der Waals surface area contributed by atoms with E-state index in [2.05, 4.69) is 10.3 Å². The molecule has 2 aromatic heterocycles. The third-order valence-electron chi connectivity index (χ3n) is 5.31. The number of nitrogens with zero attached hydrogens (tertiary/aromatic N) is 4. The first-order valence-corrected chi connectivity index (χ1v) is 11.0. The molecule has 7 nitrogen and oxygen atoms in total. The van der Waals surface area contributed by atoms with E-state index in [1.54, 1.807) is 23.3 Å². The standard InChI is InChI=1S/C22H20ClN5O2S/c1-13-3-8-18(30-2)16(11-13)24-21(29)27-10-9-17-19(12-27)31-22-25-20(26-28(17)22)14-4-6-15(23)7-5-14/h3-8,11H,9-10,12H2,1-2H3,(H,24,29). The van der Waals surface area contributed by atoms with Crippen molar-refractivity contribution in [1.82, 2.24) is 19.5 Å². The van der Waals surface area contributed by atoms with Crippen molar-refractivity contribution in [2.45, 2.75) is 19.9 Å². The van der Waals surface area contributed by atoms with Crippen LogP contribution in [-0.2, 0) is 13.0 Å². The topological polar surface area (TPSA) is 71.8 Å². The van der Waals surface area contributed by atoms with Crippen molar-refractivity contribution in [3.63, 3.8) is 0 Å². The lowest BCUT2D eigenvalue weighted by Gasteiger charge is -2.27. The minimum Gasteiger partial charge on any atom is -0.495 e. The molecule has 2 aromatic carbocycles. The number of carbonyl (C=O) groups excluding carboxylic acids is 1. The Hall–Kier alpha value is -3.10. The smallest absolute Gasteiger partial charge is 0.322 e. The van der Waals surface area contributed by atoms with Crippen LogP contribution < -0.4 is 10.1 Å². The number of thiazole rings is 1. The van der Waals surface area contributed by atoms with Gasteiger partial charge >= 0.3 is 6.03 Å². The summed E-state index contributed by atoms with van der Waals surface area (Å²) in [6.45, 7) is 3.12. The maximum atomic E-state index is 12.9. The Balaban J connectivity index is 1.36. The molecule has 0 saturated heterocycles. The van der Waals surface area contributed by atoms with Gasteiger partial charge in [-0.25, -0.2) is 9.31 Å². The van der Waals surface area contributed by atoms with E-state index in [1.807, 2.05) is 53.9 Å². The largest absolute Gasteiger partial charge is 0.495 e. The lowest BCUT2D eigenvalue weighted by Crippen LogP contribution is -2.38. The third-order valence-corrected chi connectivity index (χ3v) is 6.62. The maximum Gasteiger partial charge on any atom is 0.322 e. The Kier molecular flexibility index (Phi) is 5.03. The summed E-state index contributed by atoms with van der Waals surface area (Å²) in [6, 6.07) is 13.1. The molecule has 1 aliphatic rings.